The van der Waals surface area contributed by atoms with E-state index in [9.17, 15) is 9.59 Å². The quantitative estimate of drug-likeness (QED) is 0.281. The second-order valence-corrected chi connectivity index (χ2v) is 9.31. The van der Waals surface area contributed by atoms with E-state index in [1.165, 1.54) is 17.3 Å². The van der Waals surface area contributed by atoms with Gasteiger partial charge in [0, 0.05) is 51.4 Å². The molecule has 0 aliphatic carbocycles. The maximum atomic E-state index is 12.5. The van der Waals surface area contributed by atoms with Gasteiger partial charge >= 0.3 is 0 Å². The average Bonchev–Trinajstić information content (AvgIpc) is 3.21. The van der Waals surface area contributed by atoms with Crippen LogP contribution in [0.5, 0.6) is 0 Å². The lowest BCUT2D eigenvalue weighted by Crippen LogP contribution is -2.27. The molecule has 0 bridgehead atoms. The molecule has 0 unspecified atom stereocenters. The largest absolute Gasteiger partial charge is 0.350 e. The summed E-state index contributed by atoms with van der Waals surface area (Å²) in [6, 6.07) is 22.9. The number of hydrogen-bond acceptors (Lipinski definition) is 3. The van der Waals surface area contributed by atoms with Gasteiger partial charge in [-0.15, -0.1) is 11.8 Å². The monoisotopic (exact) mass is 491 g/mol. The van der Waals surface area contributed by atoms with E-state index in [4.69, 9.17) is 11.6 Å². The van der Waals surface area contributed by atoms with Gasteiger partial charge in [-0.25, -0.2) is 0 Å². The molecule has 0 fully saturated rings. The number of nitrogens with zero attached hydrogens (tertiary/aromatic N) is 1. The molecule has 0 aliphatic rings. The molecule has 0 radical (unpaired) electrons. The van der Waals surface area contributed by atoms with E-state index in [2.05, 4.69) is 34.3 Å². The van der Waals surface area contributed by atoms with Crippen LogP contribution < -0.4 is 10.6 Å². The molecule has 5 nitrogen and oxygen atoms in total. The van der Waals surface area contributed by atoms with Crippen molar-refractivity contribution >= 4 is 51.8 Å². The molecule has 1 aromatic heterocycles. The Labute approximate surface area is 208 Å². The van der Waals surface area contributed by atoms with Crippen molar-refractivity contribution in [3.63, 3.8) is 0 Å². The molecule has 2 amide bonds. The van der Waals surface area contributed by atoms with Gasteiger partial charge in [0.1, 0.15) is 0 Å². The fourth-order valence-electron chi connectivity index (χ4n) is 3.67. The first kappa shape index (κ1) is 23.9. The molecule has 0 spiro atoms. The third kappa shape index (κ3) is 6.01. The predicted molar refractivity (Wildman–Crippen MR) is 141 cm³/mol. The van der Waals surface area contributed by atoms with Gasteiger partial charge in [0.15, 0.2) is 0 Å². The number of amides is 2. The van der Waals surface area contributed by atoms with Gasteiger partial charge in [0.05, 0.1) is 5.75 Å². The molecular formula is C27H26ClN3O2S. The van der Waals surface area contributed by atoms with E-state index >= 15 is 0 Å². The second kappa shape index (κ2) is 11.3. The van der Waals surface area contributed by atoms with Gasteiger partial charge in [0.2, 0.25) is 5.91 Å². The summed E-state index contributed by atoms with van der Waals surface area (Å²) in [6.07, 6.45) is 3.02. The van der Waals surface area contributed by atoms with Gasteiger partial charge in [-0.2, -0.15) is 0 Å². The van der Waals surface area contributed by atoms with Crippen molar-refractivity contribution in [2.75, 3.05) is 17.6 Å². The Morgan fingerprint density at radius 2 is 1.71 bits per heavy atom. The summed E-state index contributed by atoms with van der Waals surface area (Å²) in [4.78, 5) is 25.9. The van der Waals surface area contributed by atoms with Crippen LogP contribution in [0.4, 0.5) is 5.69 Å². The minimum Gasteiger partial charge on any atom is -0.350 e. The summed E-state index contributed by atoms with van der Waals surface area (Å²) in [5.41, 5.74) is 3.70. The highest BCUT2D eigenvalue weighted by Gasteiger charge is 2.12. The maximum absolute atomic E-state index is 12.5. The van der Waals surface area contributed by atoms with Crippen LogP contribution in [0.1, 0.15) is 22.8 Å². The highest BCUT2D eigenvalue weighted by molar-refractivity contribution is 8.00. The Bertz CT molecular complexity index is 1280. The number of nitrogens with one attached hydrogen (secondary N) is 2. The van der Waals surface area contributed by atoms with E-state index < -0.39 is 0 Å². The number of carbonyl (C=O) groups is 2. The number of fused-ring (bicyclic) bond motifs is 1. The number of para-hydroxylation sites is 1. The molecular weight excluding hydrogens is 466 g/mol. The minimum absolute atomic E-state index is 0.0405. The van der Waals surface area contributed by atoms with Gasteiger partial charge < -0.3 is 15.2 Å². The molecule has 0 atom stereocenters. The topological polar surface area (TPSA) is 63.1 Å². The number of hydrogen-bond donors (Lipinski definition) is 2. The van der Waals surface area contributed by atoms with Crippen LogP contribution in [0.3, 0.4) is 0 Å². The zero-order chi connectivity index (χ0) is 23.9. The molecule has 0 aliphatic heterocycles. The van der Waals surface area contributed by atoms with Gasteiger partial charge in [-0.05, 0) is 54.4 Å². The number of carbonyl (C=O) groups excluding carboxylic acids is 2. The summed E-state index contributed by atoms with van der Waals surface area (Å²) in [5, 5.41) is 7.61. The first-order valence-corrected chi connectivity index (χ1v) is 12.5. The summed E-state index contributed by atoms with van der Waals surface area (Å²) >= 11 is 7.40. The van der Waals surface area contributed by atoms with Crippen molar-refractivity contribution in [2.24, 2.45) is 0 Å². The molecule has 7 heteroatoms. The molecule has 4 rings (SSSR count). The van der Waals surface area contributed by atoms with Gasteiger partial charge in [-0.3, -0.25) is 9.59 Å². The average molecular weight is 492 g/mol. The van der Waals surface area contributed by atoms with E-state index in [1.807, 2.05) is 42.6 Å². The zero-order valence-electron chi connectivity index (χ0n) is 18.9. The fourth-order valence-corrected chi connectivity index (χ4v) is 4.69. The lowest BCUT2D eigenvalue weighted by molar-refractivity contribution is -0.113. The van der Waals surface area contributed by atoms with Gasteiger partial charge in [0.25, 0.3) is 5.91 Å². The van der Waals surface area contributed by atoms with Crippen LogP contribution in [0.2, 0.25) is 5.02 Å². The summed E-state index contributed by atoms with van der Waals surface area (Å²) in [6.45, 7) is 3.21. The van der Waals surface area contributed by atoms with E-state index in [0.29, 0.717) is 29.4 Å². The summed E-state index contributed by atoms with van der Waals surface area (Å²) < 4.78 is 2.11. The van der Waals surface area contributed by atoms with Crippen LogP contribution in [0, 0.1) is 0 Å². The first-order chi connectivity index (χ1) is 16.5. The Kier molecular flexibility index (Phi) is 7.93. The van der Waals surface area contributed by atoms with Crippen molar-refractivity contribution in [3.8, 4) is 0 Å². The van der Waals surface area contributed by atoms with E-state index in [1.54, 1.807) is 24.3 Å². The van der Waals surface area contributed by atoms with Crippen molar-refractivity contribution in [1.29, 1.82) is 0 Å². The number of thioether (sulfide) groups is 1. The number of halogens is 1. The van der Waals surface area contributed by atoms with Gasteiger partial charge in [-0.1, -0.05) is 48.9 Å². The second-order valence-electron chi connectivity index (χ2n) is 7.85. The minimum atomic E-state index is -0.133. The Morgan fingerprint density at radius 3 is 2.44 bits per heavy atom. The summed E-state index contributed by atoms with van der Waals surface area (Å²) in [7, 11) is 0. The van der Waals surface area contributed by atoms with Crippen molar-refractivity contribution in [3.05, 3.63) is 95.1 Å². The van der Waals surface area contributed by atoms with E-state index in [-0.39, 0.29) is 11.8 Å². The normalized spacial score (nSPS) is 10.9. The fraction of sp³-hybridized carbons (Fsp3) is 0.185. The first-order valence-electron chi connectivity index (χ1n) is 11.2. The Hall–Kier alpha value is -3.22. The lowest BCUT2D eigenvalue weighted by atomic mass is 10.1. The van der Waals surface area contributed by atoms with Crippen molar-refractivity contribution in [1.82, 2.24) is 9.88 Å². The standard InChI is InChI=1S/C27H26ClN3O2S/c1-2-19-7-13-22(14-8-19)30-26(32)18-34-25-17-31(24-6-4-3-5-23(24)25)16-15-29-27(33)20-9-11-21(28)12-10-20/h3-14,17H,2,15-16,18H2,1H3,(H,29,33)(H,30,32). The van der Waals surface area contributed by atoms with Crippen LogP contribution >= 0.6 is 23.4 Å². The number of aryl methyl sites for hydroxylation is 1. The molecule has 34 heavy (non-hydrogen) atoms. The van der Waals surface area contributed by atoms with Crippen molar-refractivity contribution in [2.45, 2.75) is 24.8 Å². The molecule has 4 aromatic rings. The number of anilines is 1. The highest BCUT2D eigenvalue weighted by Crippen LogP contribution is 2.30. The Balaban J connectivity index is 1.36. The number of benzene rings is 3. The molecule has 3 aromatic carbocycles. The smallest absolute Gasteiger partial charge is 0.251 e. The number of rotatable bonds is 9. The lowest BCUT2D eigenvalue weighted by Gasteiger charge is -2.08. The molecule has 0 saturated carbocycles. The molecule has 0 saturated heterocycles. The third-order valence-corrected chi connectivity index (χ3v) is 6.80. The number of aromatic nitrogens is 1. The molecule has 174 valence electrons. The van der Waals surface area contributed by atoms with Crippen LogP contribution in [0.25, 0.3) is 10.9 Å². The predicted octanol–water partition coefficient (Wildman–Crippen LogP) is 6.02. The van der Waals surface area contributed by atoms with Crippen LogP contribution in [-0.2, 0) is 17.8 Å². The maximum Gasteiger partial charge on any atom is 0.251 e. The summed E-state index contributed by atoms with van der Waals surface area (Å²) in [5.74, 6) is 0.143. The molecule has 2 N–H and O–H groups in total. The molecule has 1 heterocycles. The Morgan fingerprint density at radius 1 is 0.971 bits per heavy atom. The third-order valence-electron chi connectivity index (χ3n) is 5.50. The zero-order valence-corrected chi connectivity index (χ0v) is 20.5. The van der Waals surface area contributed by atoms with Crippen LogP contribution in [-0.4, -0.2) is 28.7 Å². The van der Waals surface area contributed by atoms with Crippen molar-refractivity contribution < 1.29 is 9.59 Å². The highest BCUT2D eigenvalue weighted by atomic mass is 35.5. The van der Waals surface area contributed by atoms with E-state index in [0.717, 1.165) is 27.9 Å². The van der Waals surface area contributed by atoms with Crippen LogP contribution in [0.15, 0.2) is 83.9 Å². The SMILES string of the molecule is CCc1ccc(NC(=O)CSc2cn(CCNC(=O)c3ccc(Cl)cc3)c3ccccc23)cc1.